The van der Waals surface area contributed by atoms with Gasteiger partial charge in [-0.2, -0.15) is 0 Å². The predicted molar refractivity (Wildman–Crippen MR) is 338 cm³/mol. The Balaban J connectivity index is 2.57. The molecular formula is C70H121NO10. The number of esters is 1. The lowest BCUT2D eigenvalue weighted by Gasteiger charge is -2.41. The molecule has 1 rings (SSSR count). The molecule has 11 nitrogen and oxygen atoms in total. The van der Waals surface area contributed by atoms with Crippen LogP contribution in [0.2, 0.25) is 0 Å². The minimum absolute atomic E-state index is 0.114. The second kappa shape index (κ2) is 57.0. The van der Waals surface area contributed by atoms with E-state index < -0.39 is 67.4 Å². The van der Waals surface area contributed by atoms with E-state index in [1.54, 1.807) is 6.08 Å². The molecule has 0 radical (unpaired) electrons. The normalized spacial score (nSPS) is 19.3. The summed E-state index contributed by atoms with van der Waals surface area (Å²) >= 11 is 0. The molecular weight excluding hydrogens is 1010 g/mol. The Labute approximate surface area is 495 Å². The molecule has 8 unspecified atom stereocenters. The van der Waals surface area contributed by atoms with Crippen LogP contribution in [0.15, 0.2) is 97.2 Å². The van der Waals surface area contributed by atoms with E-state index in [0.717, 1.165) is 116 Å². The molecule has 11 heteroatoms. The zero-order valence-corrected chi connectivity index (χ0v) is 51.6. The molecule has 0 spiro atoms. The summed E-state index contributed by atoms with van der Waals surface area (Å²) in [5, 5.41) is 57.0. The third kappa shape index (κ3) is 44.7. The van der Waals surface area contributed by atoms with Crippen LogP contribution in [-0.4, -0.2) is 99.6 Å². The fourth-order valence-electron chi connectivity index (χ4n) is 9.79. The molecule has 0 bridgehead atoms. The number of ether oxygens (including phenoxy) is 3. The summed E-state index contributed by atoms with van der Waals surface area (Å²) in [6.45, 7) is 5.63. The average Bonchev–Trinajstić information content (AvgIpc) is 3.49. The number of hydrogen-bond acceptors (Lipinski definition) is 10. The van der Waals surface area contributed by atoms with Crippen molar-refractivity contribution in [3.8, 4) is 0 Å². The van der Waals surface area contributed by atoms with Crippen molar-refractivity contribution >= 4 is 11.9 Å². The molecule has 1 heterocycles. The Kier molecular flexibility index (Phi) is 53.2. The highest BCUT2D eigenvalue weighted by molar-refractivity contribution is 5.80. The number of rotatable bonds is 55. The number of unbranched alkanes of at least 4 members (excludes halogenated alkanes) is 28. The number of carbonyl (C=O) groups excluding carboxylic acids is 2. The Hall–Kier alpha value is -3.42. The smallest absolute Gasteiger partial charge is 0.306 e. The van der Waals surface area contributed by atoms with Gasteiger partial charge in [0.05, 0.1) is 25.4 Å². The number of amides is 1. The molecule has 0 aliphatic carbocycles. The van der Waals surface area contributed by atoms with Gasteiger partial charge in [0, 0.05) is 6.42 Å². The van der Waals surface area contributed by atoms with Gasteiger partial charge in [-0.15, -0.1) is 0 Å². The quantitative estimate of drug-likeness (QED) is 0.0149. The van der Waals surface area contributed by atoms with E-state index in [2.05, 4.69) is 111 Å². The zero-order valence-electron chi connectivity index (χ0n) is 51.6. The molecule has 0 aromatic heterocycles. The van der Waals surface area contributed by atoms with Crippen LogP contribution in [0.3, 0.4) is 0 Å². The second-order valence-corrected chi connectivity index (χ2v) is 22.5. The minimum Gasteiger partial charge on any atom is -0.454 e. The first kappa shape index (κ1) is 75.6. The van der Waals surface area contributed by atoms with Gasteiger partial charge in [0.1, 0.15) is 24.4 Å². The van der Waals surface area contributed by atoms with E-state index in [-0.39, 0.29) is 19.4 Å². The van der Waals surface area contributed by atoms with Crippen LogP contribution < -0.4 is 5.32 Å². The van der Waals surface area contributed by atoms with Crippen LogP contribution >= 0.6 is 0 Å². The van der Waals surface area contributed by atoms with Crippen LogP contribution in [0.1, 0.15) is 271 Å². The number of carbonyl (C=O) groups is 2. The van der Waals surface area contributed by atoms with Crippen molar-refractivity contribution in [2.75, 3.05) is 13.2 Å². The first-order valence-corrected chi connectivity index (χ1v) is 33.0. The Morgan fingerprint density at radius 3 is 1.43 bits per heavy atom. The van der Waals surface area contributed by atoms with Crippen molar-refractivity contribution in [1.29, 1.82) is 0 Å². The zero-order chi connectivity index (χ0) is 58.9. The maximum atomic E-state index is 13.4. The summed E-state index contributed by atoms with van der Waals surface area (Å²) in [5.74, 6) is -1.21. The minimum atomic E-state index is -1.62. The molecule has 6 N–H and O–H groups in total. The molecule has 1 fully saturated rings. The molecule has 0 aromatic rings. The van der Waals surface area contributed by atoms with E-state index in [4.69, 9.17) is 14.2 Å². The maximum Gasteiger partial charge on any atom is 0.306 e. The van der Waals surface area contributed by atoms with Gasteiger partial charge in [0.25, 0.3) is 0 Å². The first-order chi connectivity index (χ1) is 39.7. The van der Waals surface area contributed by atoms with Crippen molar-refractivity contribution in [2.24, 2.45) is 0 Å². The number of aliphatic hydroxyl groups excluding tert-OH is 5. The third-order valence-corrected chi connectivity index (χ3v) is 15.0. The van der Waals surface area contributed by atoms with Crippen molar-refractivity contribution in [3.05, 3.63) is 97.2 Å². The standard InChI is InChI=1S/C70H121NO10/c1-4-7-10-13-16-19-22-24-26-27-28-29-30-31-32-33-34-35-36-37-38-40-43-46-49-52-55-58-65(75)81-68-67(77)66(76)64(59-72)80-70(68)79-60-61(62(73)56-53-50-47-44-41-21-18-15-12-9-6-3)71-69(78)63(74)57-54-51-48-45-42-39-25-23-20-17-14-11-8-5-2/h7,10,16-17,19-20,23-26,28-29,31-32,53,56,61-64,66-68,70,72-74,76-77H,4-6,8-9,11-15,18,21-22,27,30,33-52,54-55,57-60H2,1-3H3,(H,71,78)/b10-7-,19-16-,20-17+,25-23+,26-24-,29-28-,32-31-,56-53+. The number of hydrogen-bond donors (Lipinski definition) is 6. The predicted octanol–water partition coefficient (Wildman–Crippen LogP) is 16.3. The molecule has 466 valence electrons. The van der Waals surface area contributed by atoms with Gasteiger partial charge in [-0.3, -0.25) is 9.59 Å². The van der Waals surface area contributed by atoms with Crippen LogP contribution in [0.5, 0.6) is 0 Å². The van der Waals surface area contributed by atoms with E-state index in [1.165, 1.54) is 109 Å². The summed E-state index contributed by atoms with van der Waals surface area (Å²) in [6, 6.07) is -1.03. The van der Waals surface area contributed by atoms with Gasteiger partial charge in [0.15, 0.2) is 12.4 Å². The Morgan fingerprint density at radius 2 is 0.926 bits per heavy atom. The number of allylic oxidation sites excluding steroid dienone is 15. The summed E-state index contributed by atoms with van der Waals surface area (Å²) in [5.41, 5.74) is 0. The van der Waals surface area contributed by atoms with Crippen LogP contribution in [0.4, 0.5) is 0 Å². The van der Waals surface area contributed by atoms with Crippen LogP contribution in [0, 0.1) is 0 Å². The Morgan fingerprint density at radius 1 is 0.506 bits per heavy atom. The average molecular weight is 1140 g/mol. The van der Waals surface area contributed by atoms with Crippen LogP contribution in [-0.2, 0) is 23.8 Å². The fourth-order valence-corrected chi connectivity index (χ4v) is 9.79. The fraction of sp³-hybridized carbons (Fsp3) is 0.743. The monoisotopic (exact) mass is 1140 g/mol. The van der Waals surface area contributed by atoms with Crippen molar-refractivity contribution in [2.45, 2.75) is 320 Å². The number of nitrogens with one attached hydrogen (secondary N) is 1. The van der Waals surface area contributed by atoms with Gasteiger partial charge < -0.3 is 45.1 Å². The molecule has 1 aliphatic heterocycles. The molecule has 81 heavy (non-hydrogen) atoms. The SMILES string of the molecule is CC/C=C\C/C=C\C/C=C\C/C=C\C/C=C\CCCCCCCCCCCCCC(=O)OC1C(OCC(NC(=O)C(O)CCCCCCC/C=C/C=C/CCCCC)C(O)/C=C/CCCCCCCCCCC)OC(CO)C(O)C1O. The Bertz CT molecular complexity index is 1690. The molecule has 1 amide bonds. The van der Waals surface area contributed by atoms with Gasteiger partial charge in [-0.25, -0.2) is 0 Å². The van der Waals surface area contributed by atoms with E-state index in [0.29, 0.717) is 12.8 Å². The lowest BCUT2D eigenvalue weighted by atomic mass is 9.99. The van der Waals surface area contributed by atoms with E-state index in [1.807, 2.05) is 6.08 Å². The van der Waals surface area contributed by atoms with Gasteiger partial charge in [0.2, 0.25) is 5.91 Å². The summed E-state index contributed by atoms with van der Waals surface area (Å²) < 4.78 is 17.6. The van der Waals surface area contributed by atoms with Gasteiger partial charge in [-0.1, -0.05) is 266 Å². The molecule has 1 saturated heterocycles. The van der Waals surface area contributed by atoms with Crippen molar-refractivity contribution in [3.63, 3.8) is 0 Å². The van der Waals surface area contributed by atoms with E-state index >= 15 is 0 Å². The highest BCUT2D eigenvalue weighted by Crippen LogP contribution is 2.26. The molecule has 8 atom stereocenters. The largest absolute Gasteiger partial charge is 0.454 e. The lowest BCUT2D eigenvalue weighted by molar-refractivity contribution is -0.305. The summed E-state index contributed by atoms with van der Waals surface area (Å²) in [6.07, 6.45) is 65.9. The topological polar surface area (TPSA) is 175 Å². The number of aliphatic hydroxyl groups is 5. The first-order valence-electron chi connectivity index (χ1n) is 33.0. The third-order valence-electron chi connectivity index (χ3n) is 15.0. The molecule has 0 saturated carbocycles. The van der Waals surface area contributed by atoms with Crippen molar-refractivity contribution < 1.29 is 49.3 Å². The highest BCUT2D eigenvalue weighted by Gasteiger charge is 2.47. The highest BCUT2D eigenvalue weighted by atomic mass is 16.7. The second-order valence-electron chi connectivity index (χ2n) is 22.5. The van der Waals surface area contributed by atoms with Crippen LogP contribution in [0.25, 0.3) is 0 Å². The summed E-state index contributed by atoms with van der Waals surface area (Å²) in [4.78, 5) is 26.6. The van der Waals surface area contributed by atoms with E-state index in [9.17, 15) is 35.1 Å². The van der Waals surface area contributed by atoms with Crippen molar-refractivity contribution in [1.82, 2.24) is 5.32 Å². The lowest BCUT2D eigenvalue weighted by Crippen LogP contribution is -2.61. The molecule has 1 aliphatic rings. The van der Waals surface area contributed by atoms with Gasteiger partial charge >= 0.3 is 5.97 Å². The van der Waals surface area contributed by atoms with Gasteiger partial charge in [-0.05, 0) is 96.3 Å². The summed E-state index contributed by atoms with van der Waals surface area (Å²) in [7, 11) is 0. The molecule has 0 aromatic carbocycles. The maximum absolute atomic E-state index is 13.4.